The van der Waals surface area contributed by atoms with Crippen LogP contribution in [0.5, 0.6) is 5.75 Å². The monoisotopic (exact) mass is 384 g/mol. The van der Waals surface area contributed by atoms with Crippen LogP contribution in [0, 0.1) is 11.3 Å². The molecule has 0 aliphatic carbocycles. The van der Waals surface area contributed by atoms with Crippen LogP contribution < -0.4 is 4.74 Å². The Morgan fingerprint density at radius 2 is 2.11 bits per heavy atom. The predicted molar refractivity (Wildman–Crippen MR) is 101 cm³/mol. The minimum atomic E-state index is -0.478. The number of carbonyl (C=O) groups excluding carboxylic acids is 1. The lowest BCUT2D eigenvalue weighted by Gasteiger charge is -2.13. The molecule has 6 nitrogen and oxygen atoms in total. The summed E-state index contributed by atoms with van der Waals surface area (Å²) in [5, 5.41) is 10.6. The van der Waals surface area contributed by atoms with E-state index < -0.39 is 5.97 Å². The smallest absolute Gasteiger partial charge is 0.341 e. The molecule has 0 amide bonds. The number of halogens is 1. The van der Waals surface area contributed by atoms with Gasteiger partial charge in [-0.25, -0.2) is 4.79 Å². The standard InChI is InChI=1S/C20H17ClN2O4/c1-3-26-20(24)15-8-7-14(9-18(15)27-12-25-2)23-11-13(10-22)19-16(21)5-4-6-17(19)23/h4-9,11H,3,12H2,1-2H3. The molecule has 3 aromatic rings. The maximum Gasteiger partial charge on any atom is 0.341 e. The van der Waals surface area contributed by atoms with Gasteiger partial charge in [0.25, 0.3) is 0 Å². The molecule has 3 rings (SSSR count). The Bertz CT molecular complexity index is 1040. The number of nitrogens with zero attached hydrogens (tertiary/aromatic N) is 2. The minimum Gasteiger partial charge on any atom is -0.467 e. The van der Waals surface area contributed by atoms with Gasteiger partial charge in [0.15, 0.2) is 6.79 Å². The summed E-state index contributed by atoms with van der Waals surface area (Å²) in [4.78, 5) is 12.2. The first-order valence-corrected chi connectivity index (χ1v) is 8.61. The first-order valence-electron chi connectivity index (χ1n) is 8.23. The van der Waals surface area contributed by atoms with Crippen LogP contribution >= 0.6 is 11.6 Å². The van der Waals surface area contributed by atoms with Crippen LogP contribution in [-0.2, 0) is 9.47 Å². The lowest BCUT2D eigenvalue weighted by molar-refractivity contribution is 0.0438. The van der Waals surface area contributed by atoms with Gasteiger partial charge in [-0.1, -0.05) is 17.7 Å². The number of rotatable bonds is 6. The van der Waals surface area contributed by atoms with Gasteiger partial charge < -0.3 is 18.8 Å². The summed E-state index contributed by atoms with van der Waals surface area (Å²) in [5.74, 6) is -0.150. The average molecular weight is 385 g/mol. The summed E-state index contributed by atoms with van der Waals surface area (Å²) < 4.78 is 17.4. The van der Waals surface area contributed by atoms with Gasteiger partial charge in [-0.2, -0.15) is 5.26 Å². The molecule has 7 heteroatoms. The molecule has 0 spiro atoms. The van der Waals surface area contributed by atoms with E-state index in [1.807, 2.05) is 16.7 Å². The summed E-state index contributed by atoms with van der Waals surface area (Å²) in [6, 6.07) is 12.7. The van der Waals surface area contributed by atoms with Crippen LogP contribution in [0.15, 0.2) is 42.6 Å². The maximum atomic E-state index is 12.2. The fraction of sp³-hybridized carbons (Fsp3) is 0.200. The van der Waals surface area contributed by atoms with Gasteiger partial charge in [-0.15, -0.1) is 0 Å². The molecule has 27 heavy (non-hydrogen) atoms. The van der Waals surface area contributed by atoms with E-state index in [2.05, 4.69) is 6.07 Å². The Kier molecular flexibility index (Phi) is 5.65. The van der Waals surface area contributed by atoms with Gasteiger partial charge in [-0.05, 0) is 31.2 Å². The number of hydrogen-bond donors (Lipinski definition) is 0. The second-order valence-corrected chi connectivity index (χ2v) is 6.02. The number of benzene rings is 2. The molecule has 0 atom stereocenters. The van der Waals surface area contributed by atoms with Gasteiger partial charge in [0.05, 0.1) is 22.7 Å². The van der Waals surface area contributed by atoms with Crippen LogP contribution in [0.2, 0.25) is 5.02 Å². The van der Waals surface area contributed by atoms with E-state index in [1.165, 1.54) is 7.11 Å². The van der Waals surface area contributed by atoms with Crippen molar-refractivity contribution >= 4 is 28.5 Å². The SMILES string of the molecule is CCOC(=O)c1ccc(-n2cc(C#N)c3c(Cl)cccc32)cc1OCOC. The number of fused-ring (bicyclic) bond motifs is 1. The Morgan fingerprint density at radius 3 is 2.81 bits per heavy atom. The molecule has 0 saturated carbocycles. The van der Waals surface area contributed by atoms with E-state index in [0.29, 0.717) is 33.0 Å². The summed E-state index contributed by atoms with van der Waals surface area (Å²) in [7, 11) is 1.49. The molecule has 1 heterocycles. The third kappa shape index (κ3) is 3.61. The summed E-state index contributed by atoms with van der Waals surface area (Å²) in [5.41, 5.74) is 2.25. The van der Waals surface area contributed by atoms with Crippen molar-refractivity contribution in [1.29, 1.82) is 5.26 Å². The highest BCUT2D eigenvalue weighted by Crippen LogP contribution is 2.32. The van der Waals surface area contributed by atoms with Crippen molar-refractivity contribution in [3.63, 3.8) is 0 Å². The molecule has 2 aromatic carbocycles. The number of nitriles is 1. The van der Waals surface area contributed by atoms with E-state index in [0.717, 1.165) is 5.52 Å². The van der Waals surface area contributed by atoms with E-state index in [-0.39, 0.29) is 13.4 Å². The number of carbonyl (C=O) groups is 1. The molecular formula is C20H17ClN2O4. The largest absolute Gasteiger partial charge is 0.467 e. The van der Waals surface area contributed by atoms with Crippen molar-refractivity contribution in [3.8, 4) is 17.5 Å². The Morgan fingerprint density at radius 1 is 1.30 bits per heavy atom. The van der Waals surface area contributed by atoms with E-state index in [1.54, 1.807) is 37.4 Å². The van der Waals surface area contributed by atoms with Crippen LogP contribution in [0.4, 0.5) is 0 Å². The lowest BCUT2D eigenvalue weighted by Crippen LogP contribution is -2.10. The Balaban J connectivity index is 2.15. The van der Waals surface area contributed by atoms with Gasteiger partial charge in [0.2, 0.25) is 0 Å². The molecule has 0 saturated heterocycles. The van der Waals surface area contributed by atoms with Gasteiger partial charge in [0.1, 0.15) is 17.4 Å². The van der Waals surface area contributed by atoms with Crippen LogP contribution in [0.3, 0.4) is 0 Å². The highest BCUT2D eigenvalue weighted by Gasteiger charge is 2.17. The number of hydrogen-bond acceptors (Lipinski definition) is 5. The second kappa shape index (κ2) is 8.12. The average Bonchev–Trinajstić information content (AvgIpc) is 3.06. The number of esters is 1. The number of ether oxygens (including phenoxy) is 3. The molecular weight excluding hydrogens is 368 g/mol. The van der Waals surface area contributed by atoms with Gasteiger partial charge >= 0.3 is 5.97 Å². The van der Waals surface area contributed by atoms with Gasteiger partial charge in [-0.3, -0.25) is 0 Å². The second-order valence-electron chi connectivity index (χ2n) is 5.61. The third-order valence-electron chi connectivity index (χ3n) is 3.97. The zero-order valence-electron chi connectivity index (χ0n) is 14.9. The Hall–Kier alpha value is -3.01. The highest BCUT2D eigenvalue weighted by molar-refractivity contribution is 6.36. The number of methoxy groups -OCH3 is 1. The van der Waals surface area contributed by atoms with Crippen molar-refractivity contribution in [2.24, 2.45) is 0 Å². The zero-order chi connectivity index (χ0) is 19.4. The van der Waals surface area contributed by atoms with Crippen molar-refractivity contribution in [2.75, 3.05) is 20.5 Å². The van der Waals surface area contributed by atoms with E-state index in [4.69, 9.17) is 25.8 Å². The highest BCUT2D eigenvalue weighted by atomic mass is 35.5. The topological polar surface area (TPSA) is 73.5 Å². The molecule has 0 fully saturated rings. The van der Waals surface area contributed by atoms with Crippen LogP contribution in [0.25, 0.3) is 16.6 Å². The summed E-state index contributed by atoms with van der Waals surface area (Å²) in [6.07, 6.45) is 1.70. The fourth-order valence-corrected chi connectivity index (χ4v) is 3.09. The lowest BCUT2D eigenvalue weighted by atomic mass is 10.1. The van der Waals surface area contributed by atoms with Crippen LogP contribution in [0.1, 0.15) is 22.8 Å². The molecule has 0 aliphatic rings. The van der Waals surface area contributed by atoms with Crippen molar-refractivity contribution in [1.82, 2.24) is 4.57 Å². The van der Waals surface area contributed by atoms with Crippen molar-refractivity contribution < 1.29 is 19.0 Å². The third-order valence-corrected chi connectivity index (χ3v) is 4.29. The molecule has 1 aromatic heterocycles. The fourth-order valence-electron chi connectivity index (χ4n) is 2.82. The molecule has 138 valence electrons. The maximum absolute atomic E-state index is 12.2. The van der Waals surface area contributed by atoms with Crippen LogP contribution in [-0.4, -0.2) is 31.0 Å². The molecule has 0 aliphatic heterocycles. The normalized spacial score (nSPS) is 10.6. The molecule has 0 bridgehead atoms. The first-order chi connectivity index (χ1) is 13.1. The van der Waals surface area contributed by atoms with Crippen molar-refractivity contribution in [2.45, 2.75) is 6.92 Å². The molecule has 0 unspecified atom stereocenters. The predicted octanol–water partition coefficient (Wildman–Crippen LogP) is 4.31. The summed E-state index contributed by atoms with van der Waals surface area (Å²) >= 11 is 6.28. The quantitative estimate of drug-likeness (QED) is 0.467. The van der Waals surface area contributed by atoms with Crippen molar-refractivity contribution in [3.05, 3.63) is 58.7 Å². The molecule has 0 N–H and O–H groups in total. The minimum absolute atomic E-state index is 0.0163. The van der Waals surface area contributed by atoms with Gasteiger partial charge in [0, 0.05) is 30.4 Å². The first kappa shape index (κ1) is 18.8. The zero-order valence-corrected chi connectivity index (χ0v) is 15.6. The van der Waals surface area contributed by atoms with E-state index >= 15 is 0 Å². The number of aromatic nitrogens is 1. The van der Waals surface area contributed by atoms with E-state index in [9.17, 15) is 10.1 Å². The Labute approximate surface area is 161 Å². The molecule has 0 radical (unpaired) electrons. The summed E-state index contributed by atoms with van der Waals surface area (Å²) in [6.45, 7) is 1.98.